The number of hydrogen-bond acceptors (Lipinski definition) is 2. The summed E-state index contributed by atoms with van der Waals surface area (Å²) in [7, 11) is 0. The zero-order valence-electron chi connectivity index (χ0n) is 12.2. The fourth-order valence-electron chi connectivity index (χ4n) is 1.99. The molecule has 0 fully saturated rings. The Balaban J connectivity index is 2.33. The average Bonchev–Trinajstić information content (AvgIpc) is 2.42. The summed E-state index contributed by atoms with van der Waals surface area (Å²) in [6.07, 6.45) is 0. The van der Waals surface area contributed by atoms with Crippen LogP contribution in [0.15, 0.2) is 36.4 Å². The number of hydrogen-bond donors (Lipinski definition) is 1. The van der Waals surface area contributed by atoms with E-state index in [0.29, 0.717) is 17.9 Å². The van der Waals surface area contributed by atoms with Crippen LogP contribution in [0.4, 0.5) is 4.39 Å². The van der Waals surface area contributed by atoms with Crippen LogP contribution in [-0.2, 0) is 6.54 Å². The van der Waals surface area contributed by atoms with Crippen LogP contribution in [0.1, 0.15) is 23.6 Å². The van der Waals surface area contributed by atoms with Crippen molar-refractivity contribution in [2.45, 2.75) is 27.3 Å². The van der Waals surface area contributed by atoms with Crippen molar-refractivity contribution < 1.29 is 9.13 Å². The normalized spacial score (nSPS) is 10.6. The smallest absolute Gasteiger partial charge is 0.134 e. The number of aryl methyl sites for hydroxylation is 2. The zero-order valence-corrected chi connectivity index (χ0v) is 12.2. The van der Waals surface area contributed by atoms with Crippen LogP contribution in [0.3, 0.4) is 0 Å². The highest BCUT2D eigenvalue weighted by molar-refractivity contribution is 5.43. The molecule has 0 bridgehead atoms. The topological polar surface area (TPSA) is 21.3 Å². The van der Waals surface area contributed by atoms with Crippen molar-refractivity contribution >= 4 is 0 Å². The van der Waals surface area contributed by atoms with Gasteiger partial charge in [-0.25, -0.2) is 4.39 Å². The molecule has 2 aromatic rings. The van der Waals surface area contributed by atoms with Gasteiger partial charge < -0.3 is 10.1 Å². The lowest BCUT2D eigenvalue weighted by Gasteiger charge is -2.14. The van der Waals surface area contributed by atoms with E-state index in [4.69, 9.17) is 4.74 Å². The Hall–Kier alpha value is -1.87. The van der Waals surface area contributed by atoms with E-state index in [1.54, 1.807) is 12.1 Å². The van der Waals surface area contributed by atoms with Gasteiger partial charge >= 0.3 is 0 Å². The lowest BCUT2D eigenvalue weighted by molar-refractivity contribution is 0.459. The molecule has 2 nitrogen and oxygen atoms in total. The summed E-state index contributed by atoms with van der Waals surface area (Å²) >= 11 is 0. The zero-order chi connectivity index (χ0) is 14.5. The molecule has 0 saturated carbocycles. The Morgan fingerprint density at radius 1 is 1.10 bits per heavy atom. The first kappa shape index (κ1) is 14.5. The van der Waals surface area contributed by atoms with Crippen molar-refractivity contribution in [3.8, 4) is 11.5 Å². The van der Waals surface area contributed by atoms with E-state index in [-0.39, 0.29) is 5.82 Å². The van der Waals surface area contributed by atoms with Gasteiger partial charge in [0.25, 0.3) is 0 Å². The third kappa shape index (κ3) is 3.36. The first-order chi connectivity index (χ1) is 9.61. The van der Waals surface area contributed by atoms with Gasteiger partial charge in [0, 0.05) is 12.1 Å². The monoisotopic (exact) mass is 273 g/mol. The Morgan fingerprint density at radius 3 is 2.65 bits per heavy atom. The van der Waals surface area contributed by atoms with Gasteiger partial charge in [-0.05, 0) is 49.7 Å². The van der Waals surface area contributed by atoms with Crippen molar-refractivity contribution in [1.29, 1.82) is 0 Å². The predicted octanol–water partition coefficient (Wildman–Crippen LogP) is 4.34. The molecule has 20 heavy (non-hydrogen) atoms. The number of rotatable bonds is 5. The van der Waals surface area contributed by atoms with Gasteiger partial charge in [0.2, 0.25) is 0 Å². The number of halogens is 1. The number of nitrogens with one attached hydrogen (secondary N) is 1. The Labute approximate surface area is 119 Å². The van der Waals surface area contributed by atoms with E-state index in [2.05, 4.69) is 5.32 Å². The minimum absolute atomic E-state index is 0.242. The third-order valence-electron chi connectivity index (χ3n) is 3.19. The highest BCUT2D eigenvalue weighted by Gasteiger charge is 2.11. The molecule has 0 saturated heterocycles. The Bertz CT molecular complexity index is 596. The van der Waals surface area contributed by atoms with Crippen LogP contribution < -0.4 is 10.1 Å². The second-order valence-corrected chi connectivity index (χ2v) is 4.87. The average molecular weight is 273 g/mol. The van der Waals surface area contributed by atoms with Crippen LogP contribution in [0.25, 0.3) is 0 Å². The fraction of sp³-hybridized carbons (Fsp3) is 0.294. The highest BCUT2D eigenvalue weighted by atomic mass is 19.1. The first-order valence-electron chi connectivity index (χ1n) is 6.85. The lowest BCUT2D eigenvalue weighted by atomic mass is 10.1. The van der Waals surface area contributed by atoms with E-state index in [9.17, 15) is 4.39 Å². The van der Waals surface area contributed by atoms with E-state index in [0.717, 1.165) is 23.4 Å². The van der Waals surface area contributed by atoms with Gasteiger partial charge in [0.15, 0.2) is 0 Å². The first-order valence-corrected chi connectivity index (χ1v) is 6.85. The van der Waals surface area contributed by atoms with Crippen LogP contribution in [0, 0.1) is 19.7 Å². The van der Waals surface area contributed by atoms with E-state index < -0.39 is 0 Å². The maximum absolute atomic E-state index is 13.9. The van der Waals surface area contributed by atoms with Crippen molar-refractivity contribution in [3.63, 3.8) is 0 Å². The summed E-state index contributed by atoms with van der Waals surface area (Å²) in [6.45, 7) is 7.24. The third-order valence-corrected chi connectivity index (χ3v) is 3.19. The van der Waals surface area contributed by atoms with Gasteiger partial charge in [-0.15, -0.1) is 0 Å². The van der Waals surface area contributed by atoms with Gasteiger partial charge in [-0.1, -0.05) is 25.1 Å². The Kier molecular flexibility index (Phi) is 4.74. The Morgan fingerprint density at radius 2 is 1.90 bits per heavy atom. The predicted molar refractivity (Wildman–Crippen MR) is 79.8 cm³/mol. The summed E-state index contributed by atoms with van der Waals surface area (Å²) in [5.41, 5.74) is 2.72. The van der Waals surface area contributed by atoms with Gasteiger partial charge in [-0.3, -0.25) is 0 Å². The summed E-state index contributed by atoms with van der Waals surface area (Å²) < 4.78 is 19.9. The molecule has 0 unspecified atom stereocenters. The molecule has 0 aliphatic carbocycles. The van der Waals surface area contributed by atoms with Crippen LogP contribution in [0.2, 0.25) is 0 Å². The maximum Gasteiger partial charge on any atom is 0.134 e. The SMILES string of the molecule is CCNCc1c(F)cccc1Oc1cc(C)ccc1C. The molecule has 1 N–H and O–H groups in total. The second-order valence-electron chi connectivity index (χ2n) is 4.87. The minimum atomic E-state index is -0.242. The molecular weight excluding hydrogens is 253 g/mol. The van der Waals surface area contributed by atoms with Crippen molar-refractivity contribution in [1.82, 2.24) is 5.32 Å². The van der Waals surface area contributed by atoms with Crippen LogP contribution in [0.5, 0.6) is 11.5 Å². The molecule has 0 aliphatic rings. The molecule has 2 aromatic carbocycles. The standard InChI is InChI=1S/C17H20FNO/c1-4-19-11-14-15(18)6-5-7-16(14)20-17-10-12(2)8-9-13(17)3/h5-10,19H,4,11H2,1-3H3. The van der Waals surface area contributed by atoms with Gasteiger partial charge in [-0.2, -0.15) is 0 Å². The largest absolute Gasteiger partial charge is 0.457 e. The molecule has 0 spiro atoms. The summed E-state index contributed by atoms with van der Waals surface area (Å²) in [5.74, 6) is 1.10. The van der Waals surface area contributed by atoms with E-state index in [1.165, 1.54) is 6.07 Å². The molecular formula is C17H20FNO. The second kappa shape index (κ2) is 6.53. The maximum atomic E-state index is 13.9. The van der Waals surface area contributed by atoms with Crippen molar-refractivity contribution in [3.05, 3.63) is 58.9 Å². The van der Waals surface area contributed by atoms with Gasteiger partial charge in [0.1, 0.15) is 17.3 Å². The number of benzene rings is 2. The number of ether oxygens (including phenoxy) is 1. The molecule has 0 aromatic heterocycles. The quantitative estimate of drug-likeness (QED) is 0.874. The molecule has 0 heterocycles. The molecule has 3 heteroatoms. The summed E-state index contributed by atoms with van der Waals surface area (Å²) in [5, 5.41) is 3.14. The van der Waals surface area contributed by atoms with Gasteiger partial charge in [0.05, 0.1) is 0 Å². The van der Waals surface area contributed by atoms with Crippen LogP contribution in [-0.4, -0.2) is 6.54 Å². The van der Waals surface area contributed by atoms with Crippen molar-refractivity contribution in [2.75, 3.05) is 6.54 Å². The molecule has 0 radical (unpaired) electrons. The minimum Gasteiger partial charge on any atom is -0.457 e. The molecule has 2 rings (SSSR count). The molecule has 0 aliphatic heterocycles. The van der Waals surface area contributed by atoms with Crippen molar-refractivity contribution in [2.24, 2.45) is 0 Å². The lowest BCUT2D eigenvalue weighted by Crippen LogP contribution is -2.13. The van der Waals surface area contributed by atoms with E-state index >= 15 is 0 Å². The summed E-state index contributed by atoms with van der Waals surface area (Å²) in [6, 6.07) is 10.9. The highest BCUT2D eigenvalue weighted by Crippen LogP contribution is 2.30. The molecule has 0 atom stereocenters. The fourth-order valence-corrected chi connectivity index (χ4v) is 1.99. The molecule has 0 amide bonds. The molecule has 106 valence electrons. The summed E-state index contributed by atoms with van der Waals surface area (Å²) in [4.78, 5) is 0. The van der Waals surface area contributed by atoms with E-state index in [1.807, 2.05) is 39.0 Å². The van der Waals surface area contributed by atoms with Crippen LogP contribution >= 0.6 is 0 Å².